The third-order valence-electron chi connectivity index (χ3n) is 1.89. The van der Waals surface area contributed by atoms with Crippen molar-refractivity contribution < 1.29 is 0 Å². The van der Waals surface area contributed by atoms with Gasteiger partial charge in [0.15, 0.2) is 0 Å². The molecule has 2 rings (SSSR count). The summed E-state index contributed by atoms with van der Waals surface area (Å²) >= 11 is 2.46. The Balaban J connectivity index is 2.27. The van der Waals surface area contributed by atoms with Crippen molar-refractivity contribution in [2.45, 2.75) is 10.3 Å². The molecule has 0 bridgehead atoms. The van der Waals surface area contributed by atoms with Gasteiger partial charge in [-0.25, -0.2) is 0 Å². The third kappa shape index (κ3) is 0.508. The number of rotatable bonds is 0. The van der Waals surface area contributed by atoms with Gasteiger partial charge in [0.05, 0.1) is 0 Å². The first-order chi connectivity index (χ1) is 3.79. The van der Waals surface area contributed by atoms with Crippen LogP contribution in [0.1, 0.15) is 6.42 Å². The average molecular weight is 218 g/mol. The molecule has 0 amide bonds. The lowest BCUT2D eigenvalue weighted by atomic mass is 10.2. The first-order valence-corrected chi connectivity index (χ1v) is 4.07. The van der Waals surface area contributed by atoms with Gasteiger partial charge in [-0.15, -0.1) is 0 Å². The van der Waals surface area contributed by atoms with Crippen LogP contribution >= 0.6 is 22.6 Å². The Morgan fingerprint density at radius 1 is 1.75 bits per heavy atom. The van der Waals surface area contributed by atoms with Gasteiger partial charge in [-0.2, -0.15) is 0 Å². The summed E-state index contributed by atoms with van der Waals surface area (Å²) in [6.07, 6.45) is 3.60. The maximum Gasteiger partial charge on any atom is 0.0362 e. The highest BCUT2D eigenvalue weighted by Gasteiger charge is 2.38. The molecule has 0 saturated heterocycles. The van der Waals surface area contributed by atoms with Crippen molar-refractivity contribution in [2.24, 2.45) is 5.92 Å². The van der Waals surface area contributed by atoms with Gasteiger partial charge in [0.25, 0.3) is 0 Å². The zero-order valence-corrected chi connectivity index (χ0v) is 6.68. The van der Waals surface area contributed by atoms with Crippen LogP contribution in [0.25, 0.3) is 0 Å². The van der Waals surface area contributed by atoms with Crippen LogP contribution in [0.3, 0.4) is 0 Å². The number of fused-ring (bicyclic) bond motifs is 1. The number of hydrogen-bond acceptors (Lipinski definition) is 0. The number of allylic oxidation sites excluding steroid dienone is 3. The predicted octanol–water partition coefficient (Wildman–Crippen LogP) is 2.31. The zero-order valence-electron chi connectivity index (χ0n) is 4.52. The van der Waals surface area contributed by atoms with Gasteiger partial charge < -0.3 is 0 Å². The van der Waals surface area contributed by atoms with Crippen LogP contribution in [-0.2, 0) is 0 Å². The molecule has 1 heteroatoms. The lowest BCUT2D eigenvalue weighted by molar-refractivity contribution is 1.08. The fourth-order valence-corrected chi connectivity index (χ4v) is 2.13. The predicted molar refractivity (Wildman–Crippen MR) is 43.1 cm³/mol. The van der Waals surface area contributed by atoms with Gasteiger partial charge in [-0.3, -0.25) is 0 Å². The van der Waals surface area contributed by atoms with Crippen LogP contribution in [0, 0.1) is 5.92 Å². The molecule has 2 aliphatic carbocycles. The molecule has 42 valence electrons. The summed E-state index contributed by atoms with van der Waals surface area (Å²) in [6.45, 7) is 4.00. The van der Waals surface area contributed by atoms with Gasteiger partial charge in [0.2, 0.25) is 0 Å². The van der Waals surface area contributed by atoms with Crippen molar-refractivity contribution in [2.75, 3.05) is 0 Å². The van der Waals surface area contributed by atoms with Crippen LogP contribution in [0.15, 0.2) is 23.8 Å². The molecule has 0 aromatic carbocycles. The SMILES string of the molecule is C=C1C2C=C2C[C@H]1I. The van der Waals surface area contributed by atoms with Gasteiger partial charge in [0.1, 0.15) is 0 Å². The van der Waals surface area contributed by atoms with Crippen LogP contribution < -0.4 is 0 Å². The second-order valence-electron chi connectivity index (χ2n) is 2.47. The minimum absolute atomic E-state index is 0.747. The van der Waals surface area contributed by atoms with E-state index in [1.54, 1.807) is 5.57 Å². The maximum absolute atomic E-state index is 4.00. The largest absolute Gasteiger partial charge is 0.0979 e. The zero-order chi connectivity index (χ0) is 5.72. The van der Waals surface area contributed by atoms with Crippen LogP contribution in [0.4, 0.5) is 0 Å². The Hall–Kier alpha value is 0.210. The van der Waals surface area contributed by atoms with Crippen molar-refractivity contribution in [3.63, 3.8) is 0 Å². The van der Waals surface area contributed by atoms with Gasteiger partial charge in [-0.05, 0) is 6.42 Å². The first-order valence-electron chi connectivity index (χ1n) is 2.82. The van der Waals surface area contributed by atoms with Crippen molar-refractivity contribution in [3.05, 3.63) is 23.8 Å². The topological polar surface area (TPSA) is 0 Å². The van der Waals surface area contributed by atoms with E-state index < -0.39 is 0 Å². The van der Waals surface area contributed by atoms with E-state index in [1.807, 2.05) is 0 Å². The standard InChI is InChI=1S/C7H7I/c1-4-6-2-5(6)3-7(4)8/h2,6-7H,1,3H2/t6?,7-/m1/s1. The quantitative estimate of drug-likeness (QED) is 0.332. The fraction of sp³-hybridized carbons (Fsp3) is 0.429. The summed E-state index contributed by atoms with van der Waals surface area (Å²) in [4.78, 5) is 0. The summed E-state index contributed by atoms with van der Waals surface area (Å²) in [5.41, 5.74) is 3.06. The van der Waals surface area contributed by atoms with E-state index in [2.05, 4.69) is 35.2 Å². The van der Waals surface area contributed by atoms with E-state index >= 15 is 0 Å². The molecule has 2 aliphatic rings. The normalized spacial score (nSPS) is 41.6. The Kier molecular flexibility index (Phi) is 0.866. The lowest BCUT2D eigenvalue weighted by Gasteiger charge is -1.99. The molecule has 0 nitrogen and oxygen atoms in total. The molecule has 0 heterocycles. The summed E-state index contributed by atoms with van der Waals surface area (Å²) < 4.78 is 0.748. The Morgan fingerprint density at radius 3 is 2.75 bits per heavy atom. The van der Waals surface area contributed by atoms with Crippen molar-refractivity contribution in [1.82, 2.24) is 0 Å². The van der Waals surface area contributed by atoms with Crippen molar-refractivity contribution >= 4 is 22.6 Å². The van der Waals surface area contributed by atoms with E-state index in [0.29, 0.717) is 0 Å². The first kappa shape index (κ1) is 5.03. The van der Waals surface area contributed by atoms with Gasteiger partial charge in [-0.1, -0.05) is 46.4 Å². The number of alkyl halides is 1. The highest BCUT2D eigenvalue weighted by Crippen LogP contribution is 2.50. The molecule has 2 atom stereocenters. The molecular weight excluding hydrogens is 211 g/mol. The van der Waals surface area contributed by atoms with Crippen LogP contribution in [-0.4, -0.2) is 3.92 Å². The van der Waals surface area contributed by atoms with Gasteiger partial charge >= 0.3 is 0 Å². The second kappa shape index (κ2) is 1.38. The molecule has 0 N–H and O–H groups in total. The molecule has 1 fully saturated rings. The fourth-order valence-electron chi connectivity index (χ4n) is 1.24. The summed E-state index contributed by atoms with van der Waals surface area (Å²) in [5, 5.41) is 0. The highest BCUT2D eigenvalue weighted by molar-refractivity contribution is 14.1. The lowest BCUT2D eigenvalue weighted by Crippen LogP contribution is -1.92. The second-order valence-corrected chi connectivity index (χ2v) is 3.97. The molecule has 1 saturated carbocycles. The minimum atomic E-state index is 0.747. The third-order valence-corrected chi connectivity index (χ3v) is 3.13. The van der Waals surface area contributed by atoms with Crippen LogP contribution in [0.5, 0.6) is 0 Å². The molecular formula is C7H7I. The van der Waals surface area contributed by atoms with Crippen molar-refractivity contribution in [1.29, 1.82) is 0 Å². The molecule has 0 radical (unpaired) electrons. The Morgan fingerprint density at radius 2 is 2.50 bits per heavy atom. The summed E-state index contributed by atoms with van der Waals surface area (Å²) in [6, 6.07) is 0. The summed E-state index contributed by atoms with van der Waals surface area (Å²) in [7, 11) is 0. The van der Waals surface area contributed by atoms with E-state index in [1.165, 1.54) is 12.0 Å². The Labute approximate surface area is 62.8 Å². The molecule has 1 unspecified atom stereocenters. The molecule has 0 aromatic rings. The average Bonchev–Trinajstić information content (AvgIpc) is 2.39. The number of halogens is 1. The molecule has 8 heavy (non-hydrogen) atoms. The van der Waals surface area contributed by atoms with E-state index in [-0.39, 0.29) is 0 Å². The summed E-state index contributed by atoms with van der Waals surface area (Å²) in [5.74, 6) is 0.747. The van der Waals surface area contributed by atoms with Gasteiger partial charge in [0, 0.05) is 9.84 Å². The van der Waals surface area contributed by atoms with E-state index in [0.717, 1.165) is 9.84 Å². The monoisotopic (exact) mass is 218 g/mol. The molecule has 0 spiro atoms. The van der Waals surface area contributed by atoms with Crippen LogP contribution in [0.2, 0.25) is 0 Å². The maximum atomic E-state index is 4.00. The van der Waals surface area contributed by atoms with Crippen molar-refractivity contribution in [3.8, 4) is 0 Å². The highest BCUT2D eigenvalue weighted by atomic mass is 127. The van der Waals surface area contributed by atoms with E-state index in [9.17, 15) is 0 Å². The molecule has 0 aliphatic heterocycles. The number of hydrogen-bond donors (Lipinski definition) is 0. The molecule has 0 aromatic heterocycles. The van der Waals surface area contributed by atoms with E-state index in [4.69, 9.17) is 0 Å². The Bertz CT molecular complexity index is 179. The minimum Gasteiger partial charge on any atom is -0.0979 e. The smallest absolute Gasteiger partial charge is 0.0362 e.